The maximum Gasteiger partial charge on any atom is 0.131 e. The average Bonchev–Trinajstić information content (AvgIpc) is 2.97. The fourth-order valence-electron chi connectivity index (χ4n) is 2.83. The zero-order chi connectivity index (χ0) is 13.8. The molecule has 0 spiro atoms. The van der Waals surface area contributed by atoms with Gasteiger partial charge in [0.25, 0.3) is 0 Å². The SMILES string of the molecule is COC1CCN(CC2=CC(c3ccccc3)ON2)CC1. The predicted octanol–water partition coefficient (Wildman–Crippen LogP) is 2.26. The molecule has 0 bridgehead atoms. The summed E-state index contributed by atoms with van der Waals surface area (Å²) in [6.07, 6.45) is 4.88. The number of hydrogen-bond donors (Lipinski definition) is 1. The number of rotatable bonds is 4. The third-order valence-corrected chi connectivity index (χ3v) is 4.06. The Morgan fingerprint density at radius 1 is 1.25 bits per heavy atom. The smallest absolute Gasteiger partial charge is 0.131 e. The highest BCUT2D eigenvalue weighted by molar-refractivity contribution is 5.24. The van der Waals surface area contributed by atoms with Crippen molar-refractivity contribution in [3.63, 3.8) is 0 Å². The first-order valence-corrected chi connectivity index (χ1v) is 7.27. The summed E-state index contributed by atoms with van der Waals surface area (Å²) < 4.78 is 5.40. The second-order valence-corrected chi connectivity index (χ2v) is 5.45. The summed E-state index contributed by atoms with van der Waals surface area (Å²) >= 11 is 0. The van der Waals surface area contributed by atoms with Crippen molar-refractivity contribution in [2.45, 2.75) is 25.0 Å². The van der Waals surface area contributed by atoms with E-state index in [9.17, 15) is 0 Å². The van der Waals surface area contributed by atoms with Gasteiger partial charge in [0.2, 0.25) is 0 Å². The summed E-state index contributed by atoms with van der Waals surface area (Å²) in [7, 11) is 1.81. The molecule has 2 aliphatic rings. The quantitative estimate of drug-likeness (QED) is 0.913. The number of benzene rings is 1. The van der Waals surface area contributed by atoms with Crippen LogP contribution >= 0.6 is 0 Å². The van der Waals surface area contributed by atoms with E-state index >= 15 is 0 Å². The molecule has 1 aromatic rings. The highest BCUT2D eigenvalue weighted by Gasteiger charge is 2.23. The van der Waals surface area contributed by atoms with E-state index in [1.807, 2.05) is 18.2 Å². The summed E-state index contributed by atoms with van der Waals surface area (Å²) in [4.78, 5) is 8.09. The van der Waals surface area contributed by atoms with Gasteiger partial charge in [-0.25, -0.2) is 0 Å². The van der Waals surface area contributed by atoms with Gasteiger partial charge >= 0.3 is 0 Å². The van der Waals surface area contributed by atoms with Crippen molar-refractivity contribution in [2.75, 3.05) is 26.7 Å². The lowest BCUT2D eigenvalue weighted by Gasteiger charge is -2.31. The molecule has 2 heterocycles. The van der Waals surface area contributed by atoms with E-state index in [1.165, 1.54) is 5.56 Å². The molecule has 4 heteroatoms. The Balaban J connectivity index is 1.54. The molecule has 0 amide bonds. The van der Waals surface area contributed by atoms with Crippen molar-refractivity contribution in [1.82, 2.24) is 10.4 Å². The lowest BCUT2D eigenvalue weighted by molar-refractivity contribution is 0.0291. The van der Waals surface area contributed by atoms with Crippen molar-refractivity contribution < 1.29 is 9.57 Å². The van der Waals surface area contributed by atoms with E-state index in [4.69, 9.17) is 9.57 Å². The van der Waals surface area contributed by atoms with E-state index in [0.29, 0.717) is 6.10 Å². The van der Waals surface area contributed by atoms with Crippen molar-refractivity contribution in [3.05, 3.63) is 47.7 Å². The standard InChI is InChI=1S/C16H22N2O2/c1-19-15-7-9-18(10-8-15)12-14-11-16(20-17-14)13-5-3-2-4-6-13/h2-6,11,15-17H,7-10,12H2,1H3. The largest absolute Gasteiger partial charge is 0.381 e. The van der Waals surface area contributed by atoms with Gasteiger partial charge in [-0.1, -0.05) is 30.3 Å². The second kappa shape index (κ2) is 6.39. The third-order valence-electron chi connectivity index (χ3n) is 4.06. The molecule has 0 saturated carbocycles. The van der Waals surface area contributed by atoms with Crippen LogP contribution in [0.4, 0.5) is 0 Å². The molecule has 1 N–H and O–H groups in total. The van der Waals surface area contributed by atoms with Crippen LogP contribution in [0, 0.1) is 0 Å². The van der Waals surface area contributed by atoms with Crippen LogP contribution in [-0.2, 0) is 9.57 Å². The highest BCUT2D eigenvalue weighted by Crippen LogP contribution is 2.24. The zero-order valence-electron chi connectivity index (χ0n) is 11.9. The van der Waals surface area contributed by atoms with Gasteiger partial charge in [-0.15, -0.1) is 0 Å². The Hall–Kier alpha value is -1.36. The number of nitrogens with zero attached hydrogens (tertiary/aromatic N) is 1. The topological polar surface area (TPSA) is 33.7 Å². The zero-order valence-corrected chi connectivity index (χ0v) is 11.9. The Morgan fingerprint density at radius 3 is 2.70 bits per heavy atom. The van der Waals surface area contributed by atoms with Crippen molar-refractivity contribution in [3.8, 4) is 0 Å². The number of hydrogen-bond acceptors (Lipinski definition) is 4. The molecular weight excluding hydrogens is 252 g/mol. The van der Waals surface area contributed by atoms with Crippen LogP contribution in [0.1, 0.15) is 24.5 Å². The van der Waals surface area contributed by atoms with E-state index in [1.54, 1.807) is 7.11 Å². The van der Waals surface area contributed by atoms with E-state index < -0.39 is 0 Å². The Kier molecular flexibility index (Phi) is 4.35. The molecule has 1 fully saturated rings. The van der Waals surface area contributed by atoms with Crippen LogP contribution in [0.3, 0.4) is 0 Å². The third kappa shape index (κ3) is 3.20. The minimum Gasteiger partial charge on any atom is -0.381 e. The molecule has 4 nitrogen and oxygen atoms in total. The molecule has 20 heavy (non-hydrogen) atoms. The summed E-state index contributed by atoms with van der Waals surface area (Å²) in [5, 5.41) is 0. The van der Waals surface area contributed by atoms with Gasteiger partial charge in [-0.3, -0.25) is 15.2 Å². The monoisotopic (exact) mass is 274 g/mol. The first kappa shape index (κ1) is 13.6. The van der Waals surface area contributed by atoms with E-state index in [2.05, 4.69) is 28.6 Å². The van der Waals surface area contributed by atoms with Crippen LogP contribution in [-0.4, -0.2) is 37.7 Å². The number of ether oxygens (including phenoxy) is 1. The fourth-order valence-corrected chi connectivity index (χ4v) is 2.83. The van der Waals surface area contributed by atoms with E-state index in [0.717, 1.165) is 38.2 Å². The van der Waals surface area contributed by atoms with Crippen molar-refractivity contribution in [2.24, 2.45) is 0 Å². The van der Waals surface area contributed by atoms with Crippen LogP contribution in [0.15, 0.2) is 42.1 Å². The minimum atomic E-state index is 0.0303. The van der Waals surface area contributed by atoms with Gasteiger partial charge in [0, 0.05) is 26.7 Å². The molecule has 1 atom stereocenters. The minimum absolute atomic E-state index is 0.0303. The van der Waals surface area contributed by atoms with Gasteiger partial charge in [0.15, 0.2) is 0 Å². The Morgan fingerprint density at radius 2 is 2.00 bits per heavy atom. The number of piperidine rings is 1. The maximum absolute atomic E-state index is 5.64. The normalized spacial score (nSPS) is 24.4. The lowest BCUT2D eigenvalue weighted by atomic mass is 10.1. The summed E-state index contributed by atoms with van der Waals surface area (Å²) in [5.74, 6) is 0. The van der Waals surface area contributed by atoms with Gasteiger partial charge in [-0.2, -0.15) is 0 Å². The molecule has 1 saturated heterocycles. The van der Waals surface area contributed by atoms with Crippen molar-refractivity contribution in [1.29, 1.82) is 0 Å². The summed E-state index contributed by atoms with van der Waals surface area (Å²) in [5.41, 5.74) is 5.42. The van der Waals surface area contributed by atoms with Crippen LogP contribution in [0.5, 0.6) is 0 Å². The molecular formula is C16H22N2O2. The summed E-state index contributed by atoms with van der Waals surface area (Å²) in [6, 6.07) is 10.3. The molecule has 0 aliphatic carbocycles. The fraction of sp³-hybridized carbons (Fsp3) is 0.500. The Labute approximate surface area is 120 Å². The molecule has 108 valence electrons. The van der Waals surface area contributed by atoms with E-state index in [-0.39, 0.29) is 6.10 Å². The number of methoxy groups -OCH3 is 1. The number of hydroxylamine groups is 1. The van der Waals surface area contributed by atoms with Crippen molar-refractivity contribution >= 4 is 0 Å². The highest BCUT2D eigenvalue weighted by atomic mass is 16.7. The van der Waals surface area contributed by atoms with Crippen LogP contribution in [0.25, 0.3) is 0 Å². The lowest BCUT2D eigenvalue weighted by Crippen LogP contribution is -2.38. The first-order valence-electron chi connectivity index (χ1n) is 7.27. The second-order valence-electron chi connectivity index (χ2n) is 5.45. The van der Waals surface area contributed by atoms with Gasteiger partial charge in [-0.05, 0) is 24.5 Å². The molecule has 0 radical (unpaired) electrons. The molecule has 2 aliphatic heterocycles. The molecule has 1 unspecified atom stereocenters. The molecule has 1 aromatic carbocycles. The molecule has 0 aromatic heterocycles. The average molecular weight is 274 g/mol. The van der Waals surface area contributed by atoms with Crippen LogP contribution in [0.2, 0.25) is 0 Å². The number of likely N-dealkylation sites (tertiary alicyclic amines) is 1. The Bertz CT molecular complexity index is 453. The predicted molar refractivity (Wildman–Crippen MR) is 78.0 cm³/mol. The van der Waals surface area contributed by atoms with Gasteiger partial charge in [0.05, 0.1) is 11.8 Å². The maximum atomic E-state index is 5.64. The van der Waals surface area contributed by atoms with Gasteiger partial charge in [0.1, 0.15) is 6.10 Å². The first-order chi connectivity index (χ1) is 9.85. The molecule has 3 rings (SSSR count). The summed E-state index contributed by atoms with van der Waals surface area (Å²) in [6.45, 7) is 3.11. The number of nitrogens with one attached hydrogen (secondary N) is 1. The van der Waals surface area contributed by atoms with Gasteiger partial charge < -0.3 is 4.74 Å². The van der Waals surface area contributed by atoms with Crippen LogP contribution < -0.4 is 5.48 Å².